The molecule has 2 fully saturated rings. The maximum absolute atomic E-state index is 2.52. The van der Waals surface area contributed by atoms with Crippen molar-refractivity contribution < 1.29 is 0 Å². The first-order chi connectivity index (χ1) is 9.50. The lowest BCUT2D eigenvalue weighted by Gasteiger charge is -2.27. The molecule has 0 bridgehead atoms. The zero-order chi connectivity index (χ0) is 14.4. The largest absolute Gasteiger partial charge is 0.145 e. The Morgan fingerprint density at radius 1 is 0.850 bits per heavy atom. The molecule has 0 nitrogen and oxygen atoms in total. The van der Waals surface area contributed by atoms with Gasteiger partial charge < -0.3 is 0 Å². The van der Waals surface area contributed by atoms with Gasteiger partial charge in [-0.25, -0.2) is 0 Å². The lowest BCUT2D eigenvalue weighted by molar-refractivity contribution is 0.777. The minimum atomic E-state index is 0.108. The van der Waals surface area contributed by atoms with Gasteiger partial charge in [0.25, 0.3) is 0 Å². The van der Waals surface area contributed by atoms with Crippen LogP contribution in [0.4, 0.5) is 0 Å². The summed E-state index contributed by atoms with van der Waals surface area (Å²) in [5.74, 6) is 0. The molecule has 1 unspecified atom stereocenters. The Kier molecular flexibility index (Phi) is 4.62. The third kappa shape index (κ3) is 2.53. The van der Waals surface area contributed by atoms with Gasteiger partial charge in [0.05, 0.1) is 0 Å². The Hall–Kier alpha value is 0.560. The van der Waals surface area contributed by atoms with Crippen LogP contribution in [-0.4, -0.2) is 23.1 Å². The van der Waals surface area contributed by atoms with Crippen molar-refractivity contribution >= 4 is 37.8 Å². The smallest absolute Gasteiger partial charge is 0.0101 e. The molecule has 0 radical (unpaired) electrons. The fraction of sp³-hybridized carbons (Fsp3) is 0.765. The van der Waals surface area contributed by atoms with Crippen LogP contribution in [0.15, 0.2) is 0 Å². The third-order valence-electron chi connectivity index (χ3n) is 5.25. The van der Waals surface area contributed by atoms with Crippen LogP contribution in [0.1, 0.15) is 56.2 Å². The molecule has 0 N–H and O–H groups in total. The third-order valence-corrected chi connectivity index (χ3v) is 13.5. The van der Waals surface area contributed by atoms with Crippen LogP contribution < -0.4 is 10.6 Å². The topological polar surface area (TPSA) is 0 Å². The highest BCUT2D eigenvalue weighted by Crippen LogP contribution is 2.58. The first kappa shape index (κ1) is 15.5. The first-order valence-corrected chi connectivity index (χ1v) is 12.0. The van der Waals surface area contributed by atoms with Crippen LogP contribution in [0.5, 0.6) is 0 Å². The molecule has 2 saturated heterocycles. The van der Waals surface area contributed by atoms with Crippen molar-refractivity contribution in [1.29, 1.82) is 0 Å². The van der Waals surface area contributed by atoms with Gasteiger partial charge in [0.1, 0.15) is 0 Å². The average molecular weight is 326 g/mol. The van der Waals surface area contributed by atoms with Gasteiger partial charge in [-0.05, 0) is 73.3 Å². The number of hydrogen-bond donors (Lipinski definition) is 0. The highest BCUT2D eigenvalue weighted by Gasteiger charge is 2.38. The molecule has 20 heavy (non-hydrogen) atoms. The maximum Gasteiger partial charge on any atom is 0.0101 e. The zero-order valence-corrected chi connectivity index (χ0v) is 16.2. The number of thiophene rings is 1. The predicted octanol–water partition coefficient (Wildman–Crippen LogP) is 5.33. The second-order valence-electron chi connectivity index (χ2n) is 6.78. The van der Waals surface area contributed by atoms with Gasteiger partial charge in [0.15, 0.2) is 0 Å². The molecule has 1 aromatic rings. The van der Waals surface area contributed by atoms with E-state index >= 15 is 0 Å². The van der Waals surface area contributed by atoms with Crippen LogP contribution in [0.25, 0.3) is 0 Å². The Bertz CT molecular complexity index is 483. The van der Waals surface area contributed by atoms with E-state index in [9.17, 15) is 0 Å². The molecule has 3 heteroatoms. The summed E-state index contributed by atoms with van der Waals surface area (Å²) in [5, 5.41) is 3.78. The van der Waals surface area contributed by atoms with E-state index in [2.05, 4.69) is 46.0 Å². The van der Waals surface area contributed by atoms with Gasteiger partial charge in [0, 0.05) is 9.75 Å². The molecule has 0 spiro atoms. The Labute approximate surface area is 131 Å². The monoisotopic (exact) mass is 326 g/mol. The average Bonchev–Trinajstić information content (AvgIpc) is 3.01. The molecule has 3 rings (SSSR count). The van der Waals surface area contributed by atoms with Crippen molar-refractivity contribution in [2.75, 3.05) is 6.16 Å². The quantitative estimate of drug-likeness (QED) is 0.644. The summed E-state index contributed by atoms with van der Waals surface area (Å²) in [4.78, 5) is 3.34. The molecular weight excluding hydrogens is 298 g/mol. The summed E-state index contributed by atoms with van der Waals surface area (Å²) in [6, 6.07) is 0. The van der Waals surface area contributed by atoms with Crippen molar-refractivity contribution in [2.24, 2.45) is 0 Å². The lowest BCUT2D eigenvalue weighted by Crippen LogP contribution is -2.27. The predicted molar refractivity (Wildman–Crippen MR) is 98.6 cm³/mol. The second kappa shape index (κ2) is 5.98. The number of aryl methyl sites for hydroxylation is 2. The van der Waals surface area contributed by atoms with Crippen LogP contribution in [0.3, 0.4) is 0 Å². The van der Waals surface area contributed by atoms with Crippen LogP contribution in [0.2, 0.25) is 0 Å². The van der Waals surface area contributed by atoms with Crippen molar-refractivity contribution in [3.05, 3.63) is 9.75 Å². The van der Waals surface area contributed by atoms with Crippen LogP contribution >= 0.6 is 27.2 Å². The van der Waals surface area contributed by atoms with E-state index in [1.54, 1.807) is 9.75 Å². The SMILES string of the molecule is Cc1sc(C)c(P2[C@@H](C)CC[C@@H]2C)c1P1CCC[C@@H]1C. The summed E-state index contributed by atoms with van der Waals surface area (Å²) in [7, 11) is 0.258. The van der Waals surface area contributed by atoms with Gasteiger partial charge >= 0.3 is 0 Å². The molecule has 2 aliphatic heterocycles. The molecular formula is C17H28P2S. The summed E-state index contributed by atoms with van der Waals surface area (Å²) >= 11 is 2.11. The molecule has 2 aliphatic rings. The number of hydrogen-bond acceptors (Lipinski definition) is 1. The van der Waals surface area contributed by atoms with E-state index in [-0.39, 0.29) is 15.8 Å². The standard InChI is InChI=1S/C17H28P2S/c1-11-7-6-10-18(11)16-14(4)20-15(5)17(16)19-12(2)8-9-13(19)3/h11-13H,6-10H2,1-5H3/t11-,12-,13-,18?/m0/s1. The fourth-order valence-corrected chi connectivity index (χ4v) is 13.2. The fourth-order valence-electron chi connectivity index (χ4n) is 4.20. The molecule has 4 atom stereocenters. The minimum absolute atomic E-state index is 0.108. The van der Waals surface area contributed by atoms with Gasteiger partial charge in [-0.2, -0.15) is 0 Å². The molecule has 3 heterocycles. The lowest BCUT2D eigenvalue weighted by atomic mass is 10.2. The van der Waals surface area contributed by atoms with Gasteiger partial charge in [-0.15, -0.1) is 11.3 Å². The minimum Gasteiger partial charge on any atom is -0.145 e. The van der Waals surface area contributed by atoms with E-state index in [0.29, 0.717) is 0 Å². The molecule has 0 aromatic carbocycles. The van der Waals surface area contributed by atoms with Gasteiger partial charge in [-0.1, -0.05) is 36.6 Å². The van der Waals surface area contributed by atoms with Crippen LogP contribution in [-0.2, 0) is 0 Å². The summed E-state index contributed by atoms with van der Waals surface area (Å²) in [5.41, 5.74) is 2.89. The van der Waals surface area contributed by atoms with E-state index in [4.69, 9.17) is 0 Å². The number of rotatable bonds is 2. The van der Waals surface area contributed by atoms with Crippen LogP contribution in [0, 0.1) is 13.8 Å². The van der Waals surface area contributed by atoms with Crippen molar-refractivity contribution in [2.45, 2.75) is 77.3 Å². The summed E-state index contributed by atoms with van der Waals surface area (Å²) in [6.07, 6.45) is 7.39. The maximum atomic E-state index is 2.52. The first-order valence-electron chi connectivity index (χ1n) is 8.15. The Morgan fingerprint density at radius 3 is 2.00 bits per heavy atom. The van der Waals surface area contributed by atoms with E-state index < -0.39 is 0 Å². The summed E-state index contributed by atoms with van der Waals surface area (Å²) in [6.45, 7) is 12.4. The van der Waals surface area contributed by atoms with E-state index in [1.807, 2.05) is 10.6 Å². The van der Waals surface area contributed by atoms with Crippen molar-refractivity contribution in [1.82, 2.24) is 0 Å². The van der Waals surface area contributed by atoms with Gasteiger partial charge in [-0.3, -0.25) is 0 Å². The molecule has 112 valence electrons. The van der Waals surface area contributed by atoms with Crippen molar-refractivity contribution in [3.8, 4) is 0 Å². The molecule has 1 aromatic heterocycles. The Balaban J connectivity index is 2.06. The summed E-state index contributed by atoms with van der Waals surface area (Å²) < 4.78 is 0. The molecule has 0 amide bonds. The molecule has 0 saturated carbocycles. The Morgan fingerprint density at radius 2 is 1.45 bits per heavy atom. The van der Waals surface area contributed by atoms with Crippen molar-refractivity contribution in [3.63, 3.8) is 0 Å². The highest BCUT2D eigenvalue weighted by molar-refractivity contribution is 7.74. The highest BCUT2D eigenvalue weighted by atomic mass is 32.1. The van der Waals surface area contributed by atoms with E-state index in [1.165, 1.54) is 31.8 Å². The van der Waals surface area contributed by atoms with Gasteiger partial charge in [0.2, 0.25) is 0 Å². The molecule has 0 aliphatic carbocycles. The normalized spacial score (nSPS) is 35.0. The second-order valence-corrected chi connectivity index (χ2v) is 13.9. The van der Waals surface area contributed by atoms with E-state index in [0.717, 1.165) is 17.0 Å². The zero-order valence-electron chi connectivity index (χ0n) is 13.6.